The van der Waals surface area contributed by atoms with Crippen LogP contribution < -0.4 is 5.73 Å². The van der Waals surface area contributed by atoms with Gasteiger partial charge in [0.1, 0.15) is 0 Å². The van der Waals surface area contributed by atoms with Crippen molar-refractivity contribution < 1.29 is 13.2 Å². The number of nitrogen functional groups attached to an aromatic ring is 1. The molecule has 1 aromatic rings. The maximum atomic E-state index is 12.7. The fourth-order valence-electron chi connectivity index (χ4n) is 2.54. The number of benzene rings is 1. The van der Waals surface area contributed by atoms with Gasteiger partial charge < -0.3 is 10.5 Å². The SMILES string of the molecule is COCCN(C(C)C1CC1)S(=O)(=O)Cc1ccccc1N. The fourth-order valence-corrected chi connectivity index (χ4v) is 4.39. The lowest BCUT2D eigenvalue weighted by molar-refractivity contribution is 0.164. The van der Waals surface area contributed by atoms with Crippen LogP contribution in [0.1, 0.15) is 25.3 Å². The van der Waals surface area contributed by atoms with Crippen LogP contribution in [0.15, 0.2) is 24.3 Å². The van der Waals surface area contributed by atoms with E-state index in [0.717, 1.165) is 12.8 Å². The minimum Gasteiger partial charge on any atom is -0.398 e. The molecular formula is C15H24N2O3S. The summed E-state index contributed by atoms with van der Waals surface area (Å²) in [6, 6.07) is 7.14. The van der Waals surface area contributed by atoms with Crippen molar-refractivity contribution in [1.29, 1.82) is 0 Å². The fraction of sp³-hybridized carbons (Fsp3) is 0.600. The zero-order chi connectivity index (χ0) is 15.5. The second kappa shape index (κ2) is 6.77. The highest BCUT2D eigenvalue weighted by molar-refractivity contribution is 7.88. The number of hydrogen-bond donors (Lipinski definition) is 1. The molecule has 0 spiro atoms. The molecule has 118 valence electrons. The van der Waals surface area contributed by atoms with Crippen LogP contribution in [-0.2, 0) is 20.5 Å². The van der Waals surface area contributed by atoms with Gasteiger partial charge in [-0.25, -0.2) is 8.42 Å². The first-order valence-electron chi connectivity index (χ1n) is 7.27. The number of sulfonamides is 1. The topological polar surface area (TPSA) is 72.6 Å². The molecule has 0 bridgehead atoms. The van der Waals surface area contributed by atoms with Crippen LogP contribution in [0.5, 0.6) is 0 Å². The first kappa shape index (κ1) is 16.3. The van der Waals surface area contributed by atoms with Crippen molar-refractivity contribution in [3.8, 4) is 0 Å². The molecule has 6 heteroatoms. The third kappa shape index (κ3) is 4.18. The van der Waals surface area contributed by atoms with E-state index in [4.69, 9.17) is 10.5 Å². The molecule has 1 unspecified atom stereocenters. The number of rotatable bonds is 8. The van der Waals surface area contributed by atoms with Crippen molar-refractivity contribution in [2.45, 2.75) is 31.6 Å². The molecule has 1 saturated carbocycles. The van der Waals surface area contributed by atoms with Crippen LogP contribution in [0.2, 0.25) is 0 Å². The molecule has 0 amide bonds. The van der Waals surface area contributed by atoms with E-state index in [1.165, 1.54) is 0 Å². The number of methoxy groups -OCH3 is 1. The quantitative estimate of drug-likeness (QED) is 0.744. The summed E-state index contributed by atoms with van der Waals surface area (Å²) in [7, 11) is -1.82. The first-order chi connectivity index (χ1) is 9.95. The van der Waals surface area contributed by atoms with Crippen molar-refractivity contribution in [2.75, 3.05) is 26.0 Å². The second-order valence-corrected chi connectivity index (χ2v) is 7.56. The van der Waals surface area contributed by atoms with Gasteiger partial charge in [0, 0.05) is 25.4 Å². The summed E-state index contributed by atoms with van der Waals surface area (Å²) in [6.07, 6.45) is 2.21. The molecule has 2 N–H and O–H groups in total. The number of ether oxygens (including phenoxy) is 1. The van der Waals surface area contributed by atoms with Crippen LogP contribution in [0, 0.1) is 5.92 Å². The molecular weight excluding hydrogens is 288 g/mol. The smallest absolute Gasteiger partial charge is 0.218 e. The molecule has 1 fully saturated rings. The Balaban J connectivity index is 2.18. The molecule has 1 atom stereocenters. The van der Waals surface area contributed by atoms with Gasteiger partial charge in [0.25, 0.3) is 0 Å². The Morgan fingerprint density at radius 3 is 2.62 bits per heavy atom. The molecule has 21 heavy (non-hydrogen) atoms. The number of para-hydroxylation sites is 1. The van der Waals surface area contributed by atoms with Crippen molar-refractivity contribution in [3.05, 3.63) is 29.8 Å². The molecule has 1 aliphatic rings. The summed E-state index contributed by atoms with van der Waals surface area (Å²) in [5.41, 5.74) is 7.04. The minimum atomic E-state index is -3.40. The highest BCUT2D eigenvalue weighted by Gasteiger charge is 2.37. The zero-order valence-electron chi connectivity index (χ0n) is 12.7. The van der Waals surface area contributed by atoms with E-state index in [1.54, 1.807) is 29.6 Å². The van der Waals surface area contributed by atoms with Gasteiger partial charge in [0.05, 0.1) is 12.4 Å². The van der Waals surface area contributed by atoms with Crippen molar-refractivity contribution in [2.24, 2.45) is 5.92 Å². The Hall–Kier alpha value is -1.11. The molecule has 1 aliphatic carbocycles. The Morgan fingerprint density at radius 1 is 1.38 bits per heavy atom. The number of nitrogens with zero attached hydrogens (tertiary/aromatic N) is 1. The van der Waals surface area contributed by atoms with Crippen molar-refractivity contribution in [1.82, 2.24) is 4.31 Å². The molecule has 0 heterocycles. The van der Waals surface area contributed by atoms with Crippen molar-refractivity contribution in [3.63, 3.8) is 0 Å². The highest BCUT2D eigenvalue weighted by Crippen LogP contribution is 2.36. The molecule has 5 nitrogen and oxygen atoms in total. The molecule has 2 rings (SSSR count). The Bertz CT molecular complexity index is 570. The number of nitrogens with two attached hydrogens (primary N) is 1. The average molecular weight is 312 g/mol. The van der Waals surface area contributed by atoms with Gasteiger partial charge >= 0.3 is 0 Å². The minimum absolute atomic E-state index is 0.0232. The van der Waals surface area contributed by atoms with Crippen LogP contribution in [0.4, 0.5) is 5.69 Å². The van der Waals surface area contributed by atoms with Crippen LogP contribution >= 0.6 is 0 Å². The maximum Gasteiger partial charge on any atom is 0.218 e. The average Bonchev–Trinajstić information content (AvgIpc) is 3.25. The Labute approximate surface area is 127 Å². The number of hydrogen-bond acceptors (Lipinski definition) is 4. The largest absolute Gasteiger partial charge is 0.398 e. The monoisotopic (exact) mass is 312 g/mol. The van der Waals surface area contributed by atoms with Crippen LogP contribution in [0.25, 0.3) is 0 Å². The van der Waals surface area contributed by atoms with Gasteiger partial charge in [-0.15, -0.1) is 0 Å². The maximum absolute atomic E-state index is 12.7. The summed E-state index contributed by atoms with van der Waals surface area (Å²) >= 11 is 0. The van der Waals surface area contributed by atoms with Gasteiger partial charge in [-0.2, -0.15) is 4.31 Å². The van der Waals surface area contributed by atoms with Gasteiger partial charge in [0.2, 0.25) is 10.0 Å². The van der Waals surface area contributed by atoms with Gasteiger partial charge in [-0.1, -0.05) is 18.2 Å². The van der Waals surface area contributed by atoms with Gasteiger partial charge in [0.15, 0.2) is 0 Å². The number of anilines is 1. The van der Waals surface area contributed by atoms with E-state index in [1.807, 2.05) is 13.0 Å². The molecule has 0 radical (unpaired) electrons. The van der Waals surface area contributed by atoms with E-state index < -0.39 is 10.0 Å². The lowest BCUT2D eigenvalue weighted by Crippen LogP contribution is -2.42. The molecule has 0 aromatic heterocycles. The van der Waals surface area contributed by atoms with E-state index >= 15 is 0 Å². The van der Waals surface area contributed by atoms with Crippen LogP contribution in [-0.4, -0.2) is 39.0 Å². The van der Waals surface area contributed by atoms with Crippen molar-refractivity contribution >= 4 is 15.7 Å². The standard InChI is InChI=1S/C15H24N2O3S/c1-12(13-7-8-13)17(9-10-20-2)21(18,19)11-14-5-3-4-6-15(14)16/h3-6,12-13H,7-11,16H2,1-2H3. The molecule has 0 saturated heterocycles. The van der Waals surface area contributed by atoms with Gasteiger partial charge in [-0.05, 0) is 37.3 Å². The highest BCUT2D eigenvalue weighted by atomic mass is 32.2. The summed E-state index contributed by atoms with van der Waals surface area (Å²) in [6.45, 7) is 2.78. The zero-order valence-corrected chi connectivity index (χ0v) is 13.5. The second-order valence-electron chi connectivity index (χ2n) is 5.64. The predicted octanol–water partition coefficient (Wildman–Crippen LogP) is 1.85. The Morgan fingerprint density at radius 2 is 2.05 bits per heavy atom. The Kier molecular flexibility index (Phi) is 5.24. The summed E-state index contributed by atoms with van der Waals surface area (Å²) in [4.78, 5) is 0. The normalized spacial score (nSPS) is 17.1. The van der Waals surface area contributed by atoms with E-state index in [2.05, 4.69) is 0 Å². The first-order valence-corrected chi connectivity index (χ1v) is 8.88. The van der Waals surface area contributed by atoms with Gasteiger partial charge in [-0.3, -0.25) is 0 Å². The summed E-state index contributed by atoms with van der Waals surface area (Å²) in [5.74, 6) is 0.422. The van der Waals surface area contributed by atoms with Crippen LogP contribution in [0.3, 0.4) is 0 Å². The summed E-state index contributed by atoms with van der Waals surface area (Å²) in [5, 5.41) is 0. The van der Waals surface area contributed by atoms with E-state index in [0.29, 0.717) is 30.3 Å². The third-order valence-electron chi connectivity index (χ3n) is 4.02. The third-order valence-corrected chi connectivity index (χ3v) is 5.93. The lowest BCUT2D eigenvalue weighted by Gasteiger charge is -2.28. The lowest BCUT2D eigenvalue weighted by atomic mass is 10.2. The van der Waals surface area contributed by atoms with E-state index in [-0.39, 0.29) is 11.8 Å². The summed E-state index contributed by atoms with van der Waals surface area (Å²) < 4.78 is 32.1. The van der Waals surface area contributed by atoms with E-state index in [9.17, 15) is 8.42 Å². The molecule has 0 aliphatic heterocycles. The predicted molar refractivity (Wildman–Crippen MR) is 84.2 cm³/mol. The molecule has 1 aromatic carbocycles.